The van der Waals surface area contributed by atoms with Crippen molar-refractivity contribution in [1.29, 1.82) is 0 Å². The number of hydrogen-bond acceptors (Lipinski definition) is 5. The van der Waals surface area contributed by atoms with Crippen LogP contribution in [0.15, 0.2) is 68.1 Å². The van der Waals surface area contributed by atoms with Crippen LogP contribution in [0.1, 0.15) is 34.9 Å². The maximum absolute atomic E-state index is 6.29. The molecule has 0 bridgehead atoms. The highest BCUT2D eigenvalue weighted by Crippen LogP contribution is 2.48. The van der Waals surface area contributed by atoms with Crippen LogP contribution in [-0.4, -0.2) is 10.7 Å². The second-order valence-corrected chi connectivity index (χ2v) is 7.69. The van der Waals surface area contributed by atoms with E-state index in [2.05, 4.69) is 38.5 Å². The van der Waals surface area contributed by atoms with Gasteiger partial charge in [-0.3, -0.25) is 0 Å². The van der Waals surface area contributed by atoms with Gasteiger partial charge in [-0.25, -0.2) is 5.01 Å². The summed E-state index contributed by atoms with van der Waals surface area (Å²) in [6.45, 7) is 0. The number of hydrogen-bond donors (Lipinski definition) is 0. The lowest BCUT2D eigenvalue weighted by atomic mass is 9.98. The first-order valence-electron chi connectivity index (χ1n) is 7.69. The fraction of sp³-hybridized carbons (Fsp3) is 0.167. The number of nitrogens with zero attached hydrogens (tertiary/aromatic N) is 2. The summed E-state index contributed by atoms with van der Waals surface area (Å²) >= 11 is 5.25. The Morgan fingerprint density at radius 1 is 1.21 bits per heavy atom. The molecule has 0 saturated heterocycles. The van der Waals surface area contributed by atoms with Crippen molar-refractivity contribution in [2.45, 2.75) is 18.7 Å². The van der Waals surface area contributed by atoms with Crippen LogP contribution in [0.5, 0.6) is 5.75 Å². The van der Waals surface area contributed by atoms with Crippen LogP contribution in [0.25, 0.3) is 0 Å². The van der Waals surface area contributed by atoms with Crippen molar-refractivity contribution >= 4 is 33.0 Å². The molecule has 5 rings (SSSR count). The van der Waals surface area contributed by atoms with E-state index in [9.17, 15) is 0 Å². The molecule has 0 unspecified atom stereocenters. The van der Waals surface area contributed by atoms with Gasteiger partial charge in [-0.1, -0.05) is 22.0 Å². The largest absolute Gasteiger partial charge is 0.464 e. The molecule has 120 valence electrons. The summed E-state index contributed by atoms with van der Waals surface area (Å²) in [4.78, 5) is 1.15. The third-order valence-corrected chi connectivity index (χ3v) is 5.74. The maximum Gasteiger partial charge on any atom is 0.222 e. The van der Waals surface area contributed by atoms with Crippen LogP contribution in [-0.2, 0) is 0 Å². The third kappa shape index (κ3) is 2.21. The zero-order chi connectivity index (χ0) is 16.1. The highest BCUT2D eigenvalue weighted by Gasteiger charge is 2.41. The Kier molecular flexibility index (Phi) is 3.28. The SMILES string of the molecule is Brc1ccc2c(c1)[C@@H]1CC(c3ccco3)=NN1[C@H](c1cccs1)O2. The number of benzene rings is 1. The van der Waals surface area contributed by atoms with E-state index >= 15 is 0 Å². The topological polar surface area (TPSA) is 38.0 Å². The van der Waals surface area contributed by atoms with E-state index in [0.717, 1.165) is 38.6 Å². The summed E-state index contributed by atoms with van der Waals surface area (Å²) in [6.07, 6.45) is 2.30. The van der Waals surface area contributed by atoms with Gasteiger partial charge in [-0.2, -0.15) is 5.10 Å². The van der Waals surface area contributed by atoms with E-state index in [1.807, 2.05) is 30.3 Å². The Bertz CT molecular complexity index is 905. The zero-order valence-corrected chi connectivity index (χ0v) is 15.0. The Morgan fingerprint density at radius 3 is 2.96 bits per heavy atom. The lowest BCUT2D eigenvalue weighted by molar-refractivity contribution is -0.0166. The van der Waals surface area contributed by atoms with E-state index in [1.165, 1.54) is 0 Å². The molecule has 2 aliphatic heterocycles. The molecule has 1 aromatic carbocycles. The molecule has 0 fully saturated rings. The molecule has 3 aromatic rings. The number of ether oxygens (including phenoxy) is 1. The van der Waals surface area contributed by atoms with Crippen molar-refractivity contribution in [2.75, 3.05) is 0 Å². The van der Waals surface area contributed by atoms with Gasteiger partial charge in [0.2, 0.25) is 6.23 Å². The Balaban J connectivity index is 1.62. The molecule has 2 atom stereocenters. The summed E-state index contributed by atoms with van der Waals surface area (Å²) in [5.74, 6) is 1.75. The average Bonchev–Trinajstić information content (AvgIpc) is 3.33. The van der Waals surface area contributed by atoms with Crippen molar-refractivity contribution < 1.29 is 9.15 Å². The number of thiophene rings is 1. The molecule has 2 aliphatic rings. The molecule has 0 spiro atoms. The smallest absolute Gasteiger partial charge is 0.222 e. The highest BCUT2D eigenvalue weighted by atomic mass is 79.9. The Labute approximate surface area is 151 Å². The van der Waals surface area contributed by atoms with Crippen LogP contribution in [0.4, 0.5) is 0 Å². The highest BCUT2D eigenvalue weighted by molar-refractivity contribution is 9.10. The summed E-state index contributed by atoms with van der Waals surface area (Å²) in [5, 5.41) is 8.98. The number of fused-ring (bicyclic) bond motifs is 3. The van der Waals surface area contributed by atoms with Crippen LogP contribution in [0.3, 0.4) is 0 Å². The molecular weight excluding hydrogens is 388 g/mol. The second kappa shape index (κ2) is 5.50. The minimum atomic E-state index is -0.198. The van der Waals surface area contributed by atoms with E-state index in [1.54, 1.807) is 17.6 Å². The molecule has 0 N–H and O–H groups in total. The molecule has 0 radical (unpaired) electrons. The van der Waals surface area contributed by atoms with Gasteiger partial charge < -0.3 is 9.15 Å². The van der Waals surface area contributed by atoms with Gasteiger partial charge in [0.15, 0.2) is 0 Å². The number of halogens is 1. The summed E-state index contributed by atoms with van der Waals surface area (Å²) in [6, 6.07) is 14.3. The molecule has 4 heterocycles. The van der Waals surface area contributed by atoms with E-state index in [-0.39, 0.29) is 12.3 Å². The van der Waals surface area contributed by atoms with E-state index < -0.39 is 0 Å². The molecule has 0 amide bonds. The summed E-state index contributed by atoms with van der Waals surface area (Å²) in [5.41, 5.74) is 2.12. The van der Waals surface area contributed by atoms with Gasteiger partial charge in [-0.05, 0) is 41.8 Å². The molecule has 0 aliphatic carbocycles. The maximum atomic E-state index is 6.29. The summed E-state index contributed by atoms with van der Waals surface area (Å²) < 4.78 is 12.9. The van der Waals surface area contributed by atoms with Gasteiger partial charge in [0.1, 0.15) is 17.2 Å². The molecule has 6 heteroatoms. The van der Waals surface area contributed by atoms with Gasteiger partial charge >= 0.3 is 0 Å². The first-order valence-corrected chi connectivity index (χ1v) is 9.36. The monoisotopic (exact) mass is 400 g/mol. The van der Waals surface area contributed by atoms with Gasteiger partial charge in [0, 0.05) is 16.5 Å². The van der Waals surface area contributed by atoms with Crippen molar-refractivity contribution in [3.8, 4) is 5.75 Å². The molecular formula is C18H13BrN2O2S. The molecule has 24 heavy (non-hydrogen) atoms. The quantitative estimate of drug-likeness (QED) is 0.581. The van der Waals surface area contributed by atoms with Crippen molar-refractivity contribution in [3.63, 3.8) is 0 Å². The van der Waals surface area contributed by atoms with Crippen molar-refractivity contribution in [3.05, 3.63) is 74.8 Å². The predicted molar refractivity (Wildman–Crippen MR) is 96.3 cm³/mol. The Hall–Kier alpha value is -2.05. The van der Waals surface area contributed by atoms with Gasteiger partial charge in [0.25, 0.3) is 0 Å². The van der Waals surface area contributed by atoms with Crippen LogP contribution in [0.2, 0.25) is 0 Å². The van der Waals surface area contributed by atoms with E-state index in [0.29, 0.717) is 0 Å². The first-order chi connectivity index (χ1) is 11.8. The lowest BCUT2D eigenvalue weighted by Gasteiger charge is -2.37. The predicted octanol–water partition coefficient (Wildman–Crippen LogP) is 5.35. The Morgan fingerprint density at radius 2 is 2.17 bits per heavy atom. The normalized spacial score (nSPS) is 21.9. The molecule has 4 nitrogen and oxygen atoms in total. The molecule has 2 aromatic heterocycles. The fourth-order valence-corrected chi connectivity index (χ4v) is 4.39. The van der Waals surface area contributed by atoms with Gasteiger partial charge in [-0.15, -0.1) is 11.3 Å². The third-order valence-electron chi connectivity index (χ3n) is 4.34. The zero-order valence-electron chi connectivity index (χ0n) is 12.6. The number of furan rings is 1. The number of rotatable bonds is 2. The van der Waals surface area contributed by atoms with Crippen LogP contribution in [0, 0.1) is 0 Å². The van der Waals surface area contributed by atoms with Crippen molar-refractivity contribution in [1.82, 2.24) is 5.01 Å². The van der Waals surface area contributed by atoms with Crippen molar-refractivity contribution in [2.24, 2.45) is 5.10 Å². The minimum Gasteiger partial charge on any atom is -0.464 e. The number of hydrazone groups is 1. The lowest BCUT2D eigenvalue weighted by Crippen LogP contribution is -2.33. The molecule has 0 saturated carbocycles. The van der Waals surface area contributed by atoms with Crippen LogP contribution >= 0.6 is 27.3 Å². The standard InChI is InChI=1S/C18H13BrN2O2S/c19-11-5-6-15-12(9-11)14-10-13(16-3-1-7-22-16)20-21(14)18(23-15)17-4-2-8-24-17/h1-9,14,18H,10H2/t14-,18-/m0/s1. The second-order valence-electron chi connectivity index (χ2n) is 5.79. The summed E-state index contributed by atoms with van der Waals surface area (Å²) in [7, 11) is 0. The minimum absolute atomic E-state index is 0.151. The fourth-order valence-electron chi connectivity index (χ4n) is 3.27. The van der Waals surface area contributed by atoms with E-state index in [4.69, 9.17) is 14.3 Å². The first kappa shape index (κ1) is 14.3. The van der Waals surface area contributed by atoms with Crippen LogP contribution < -0.4 is 4.74 Å². The van der Waals surface area contributed by atoms with Gasteiger partial charge in [0.05, 0.1) is 17.2 Å². The average molecular weight is 401 g/mol.